The van der Waals surface area contributed by atoms with E-state index < -0.39 is 0 Å². The number of carbonyl (C=O) groups is 1. The third kappa shape index (κ3) is 4.63. The van der Waals surface area contributed by atoms with Gasteiger partial charge in [-0.3, -0.25) is 4.79 Å². The van der Waals surface area contributed by atoms with Gasteiger partial charge in [-0.1, -0.05) is 6.07 Å². The molecule has 2 rings (SSSR count). The van der Waals surface area contributed by atoms with Crippen LogP contribution in [0, 0.1) is 0 Å². The molecule has 2 aromatic rings. The Morgan fingerprint density at radius 1 is 1.27 bits per heavy atom. The zero-order chi connectivity index (χ0) is 15.8. The van der Waals surface area contributed by atoms with Gasteiger partial charge in [0.05, 0.1) is 14.2 Å². The van der Waals surface area contributed by atoms with Crippen molar-refractivity contribution in [3.05, 3.63) is 52.2 Å². The molecule has 1 aromatic carbocycles. The molecule has 0 radical (unpaired) electrons. The van der Waals surface area contributed by atoms with Crippen LogP contribution in [0.5, 0.6) is 11.5 Å². The zero-order valence-corrected chi connectivity index (χ0v) is 13.5. The third-order valence-corrected chi connectivity index (χ3v) is 4.04. The lowest BCUT2D eigenvalue weighted by Crippen LogP contribution is -2.23. The number of methoxy groups -OCH3 is 2. The van der Waals surface area contributed by atoms with Gasteiger partial charge in [0.15, 0.2) is 0 Å². The van der Waals surface area contributed by atoms with Crippen LogP contribution >= 0.6 is 11.3 Å². The smallest absolute Gasteiger partial charge is 0.244 e. The van der Waals surface area contributed by atoms with E-state index in [1.165, 1.54) is 11.0 Å². The van der Waals surface area contributed by atoms with Crippen LogP contribution in [-0.4, -0.2) is 26.7 Å². The lowest BCUT2D eigenvalue weighted by Gasteiger charge is -2.07. The number of rotatable bonds is 7. The standard InChI is InChI=1S/C17H19NO3S/c1-20-14-7-5-13(16(12-14)21-2)6-8-17(19)18-10-9-15-4-3-11-22-15/h3-8,11-12H,9-10H2,1-2H3,(H,18,19)/b8-6+. The van der Waals surface area contributed by atoms with Gasteiger partial charge in [0.1, 0.15) is 11.5 Å². The molecule has 0 spiro atoms. The van der Waals surface area contributed by atoms with Crippen molar-refractivity contribution in [3.63, 3.8) is 0 Å². The predicted octanol–water partition coefficient (Wildman–Crippen LogP) is 3.14. The van der Waals surface area contributed by atoms with E-state index in [0.29, 0.717) is 12.3 Å². The molecule has 0 saturated heterocycles. The fourth-order valence-electron chi connectivity index (χ4n) is 1.94. The fourth-order valence-corrected chi connectivity index (χ4v) is 2.65. The highest BCUT2D eigenvalue weighted by atomic mass is 32.1. The van der Waals surface area contributed by atoms with Crippen molar-refractivity contribution in [2.45, 2.75) is 6.42 Å². The van der Waals surface area contributed by atoms with Crippen LogP contribution in [0.2, 0.25) is 0 Å². The maximum absolute atomic E-state index is 11.8. The molecule has 22 heavy (non-hydrogen) atoms. The number of hydrogen-bond donors (Lipinski definition) is 1. The van der Waals surface area contributed by atoms with E-state index in [2.05, 4.69) is 11.4 Å². The van der Waals surface area contributed by atoms with Gasteiger partial charge in [0, 0.05) is 29.1 Å². The second-order valence-corrected chi connectivity index (χ2v) is 5.59. The van der Waals surface area contributed by atoms with Gasteiger partial charge in [-0.15, -0.1) is 11.3 Å². The van der Waals surface area contributed by atoms with Crippen molar-refractivity contribution >= 4 is 23.3 Å². The highest BCUT2D eigenvalue weighted by Crippen LogP contribution is 2.25. The summed E-state index contributed by atoms with van der Waals surface area (Å²) in [7, 11) is 3.19. The number of carbonyl (C=O) groups excluding carboxylic acids is 1. The Balaban J connectivity index is 1.89. The predicted molar refractivity (Wildman–Crippen MR) is 89.6 cm³/mol. The lowest BCUT2D eigenvalue weighted by atomic mass is 10.1. The van der Waals surface area contributed by atoms with Crippen LogP contribution in [0.4, 0.5) is 0 Å². The summed E-state index contributed by atoms with van der Waals surface area (Å²) in [6.45, 7) is 0.628. The molecular formula is C17H19NO3S. The van der Waals surface area contributed by atoms with Gasteiger partial charge in [-0.05, 0) is 36.1 Å². The summed E-state index contributed by atoms with van der Waals surface area (Å²) >= 11 is 1.70. The van der Waals surface area contributed by atoms with Crippen molar-refractivity contribution in [2.24, 2.45) is 0 Å². The van der Waals surface area contributed by atoms with E-state index >= 15 is 0 Å². The molecule has 4 nitrogen and oxygen atoms in total. The summed E-state index contributed by atoms with van der Waals surface area (Å²) in [6, 6.07) is 9.55. The van der Waals surface area contributed by atoms with Gasteiger partial charge in [0.2, 0.25) is 5.91 Å². The molecule has 0 unspecified atom stereocenters. The van der Waals surface area contributed by atoms with Crippen LogP contribution in [0.15, 0.2) is 41.8 Å². The Kier molecular flexibility index (Phi) is 6.03. The Labute approximate surface area is 134 Å². The molecule has 0 aliphatic heterocycles. The topological polar surface area (TPSA) is 47.6 Å². The number of amides is 1. The monoisotopic (exact) mass is 317 g/mol. The highest BCUT2D eigenvalue weighted by Gasteiger charge is 2.03. The summed E-state index contributed by atoms with van der Waals surface area (Å²) in [4.78, 5) is 13.1. The van der Waals surface area contributed by atoms with Crippen molar-refractivity contribution in [1.82, 2.24) is 5.32 Å². The lowest BCUT2D eigenvalue weighted by molar-refractivity contribution is -0.116. The molecular weight excluding hydrogens is 298 g/mol. The minimum atomic E-state index is -0.116. The van der Waals surface area contributed by atoms with Crippen molar-refractivity contribution in [2.75, 3.05) is 20.8 Å². The maximum atomic E-state index is 11.8. The molecule has 0 bridgehead atoms. The normalized spacial score (nSPS) is 10.6. The zero-order valence-electron chi connectivity index (χ0n) is 12.7. The van der Waals surface area contributed by atoms with Crippen molar-refractivity contribution in [3.8, 4) is 11.5 Å². The summed E-state index contributed by atoms with van der Waals surface area (Å²) in [6.07, 6.45) is 4.10. The first-order valence-electron chi connectivity index (χ1n) is 6.93. The molecule has 1 aromatic heterocycles. The van der Waals surface area contributed by atoms with Crippen LogP contribution in [-0.2, 0) is 11.2 Å². The van der Waals surface area contributed by atoms with E-state index in [4.69, 9.17) is 9.47 Å². The van der Waals surface area contributed by atoms with Gasteiger partial charge < -0.3 is 14.8 Å². The quantitative estimate of drug-likeness (QED) is 0.798. The molecule has 5 heteroatoms. The molecule has 1 N–H and O–H groups in total. The minimum absolute atomic E-state index is 0.116. The van der Waals surface area contributed by atoms with Crippen molar-refractivity contribution < 1.29 is 14.3 Å². The van der Waals surface area contributed by atoms with Crippen LogP contribution in [0.3, 0.4) is 0 Å². The van der Waals surface area contributed by atoms with Gasteiger partial charge >= 0.3 is 0 Å². The number of hydrogen-bond acceptors (Lipinski definition) is 4. The number of ether oxygens (including phenoxy) is 2. The maximum Gasteiger partial charge on any atom is 0.244 e. The SMILES string of the molecule is COc1ccc(/C=C/C(=O)NCCc2cccs2)c(OC)c1. The first-order valence-corrected chi connectivity index (χ1v) is 7.81. The first-order chi connectivity index (χ1) is 10.7. The van der Waals surface area contributed by atoms with E-state index in [0.717, 1.165) is 17.7 Å². The number of nitrogens with one attached hydrogen (secondary N) is 1. The Morgan fingerprint density at radius 3 is 2.82 bits per heavy atom. The highest BCUT2D eigenvalue weighted by molar-refractivity contribution is 7.09. The van der Waals surface area contributed by atoms with E-state index in [-0.39, 0.29) is 5.91 Å². The second kappa shape index (κ2) is 8.24. The van der Waals surface area contributed by atoms with E-state index in [9.17, 15) is 4.79 Å². The molecule has 0 aliphatic rings. The average molecular weight is 317 g/mol. The van der Waals surface area contributed by atoms with Crippen molar-refractivity contribution in [1.29, 1.82) is 0 Å². The summed E-state index contributed by atoms with van der Waals surface area (Å²) in [5.41, 5.74) is 0.830. The van der Waals surface area contributed by atoms with Crippen LogP contribution in [0.1, 0.15) is 10.4 Å². The average Bonchev–Trinajstić information content (AvgIpc) is 3.06. The molecule has 0 saturated carbocycles. The second-order valence-electron chi connectivity index (χ2n) is 4.56. The van der Waals surface area contributed by atoms with E-state index in [1.807, 2.05) is 23.6 Å². The van der Waals surface area contributed by atoms with E-state index in [1.54, 1.807) is 37.7 Å². The van der Waals surface area contributed by atoms with Gasteiger partial charge in [0.25, 0.3) is 0 Å². The number of benzene rings is 1. The molecule has 0 atom stereocenters. The summed E-state index contributed by atoms with van der Waals surface area (Å²) < 4.78 is 10.4. The van der Waals surface area contributed by atoms with Gasteiger partial charge in [-0.2, -0.15) is 0 Å². The van der Waals surface area contributed by atoms with Gasteiger partial charge in [-0.25, -0.2) is 0 Å². The molecule has 116 valence electrons. The Hall–Kier alpha value is -2.27. The Morgan fingerprint density at radius 2 is 2.14 bits per heavy atom. The van der Waals surface area contributed by atoms with Crippen LogP contribution < -0.4 is 14.8 Å². The van der Waals surface area contributed by atoms with Crippen LogP contribution in [0.25, 0.3) is 6.08 Å². The fraction of sp³-hybridized carbons (Fsp3) is 0.235. The molecule has 1 amide bonds. The Bertz CT molecular complexity index is 635. The summed E-state index contributed by atoms with van der Waals surface area (Å²) in [5, 5.41) is 4.90. The number of thiophene rings is 1. The molecule has 0 aliphatic carbocycles. The molecule has 1 heterocycles. The largest absolute Gasteiger partial charge is 0.497 e. The molecule has 0 fully saturated rings. The minimum Gasteiger partial charge on any atom is -0.497 e. The third-order valence-electron chi connectivity index (χ3n) is 3.11. The first kappa shape index (κ1) is 16.1. The summed E-state index contributed by atoms with van der Waals surface area (Å²) in [5.74, 6) is 1.27.